The molecule has 112 valence electrons. The van der Waals surface area contributed by atoms with Crippen molar-refractivity contribution in [1.82, 2.24) is 14.8 Å². The largest absolute Gasteiger partial charge is 0.328 e. The molecule has 0 spiro atoms. The molecule has 0 amide bonds. The minimum atomic E-state index is -0.172. The first-order valence-electron chi connectivity index (χ1n) is 7.63. The third kappa shape index (κ3) is 1.96. The van der Waals surface area contributed by atoms with Crippen LogP contribution in [0.2, 0.25) is 0 Å². The summed E-state index contributed by atoms with van der Waals surface area (Å²) >= 11 is 0. The first kappa shape index (κ1) is 13.2. The van der Waals surface area contributed by atoms with Gasteiger partial charge in [-0.05, 0) is 24.8 Å². The maximum absolute atomic E-state index is 12.7. The molecule has 0 saturated carbocycles. The number of benzene rings is 1. The number of nitrogens with one attached hydrogen (secondary N) is 1. The van der Waals surface area contributed by atoms with Gasteiger partial charge in [-0.25, -0.2) is 4.68 Å². The Morgan fingerprint density at radius 2 is 2.00 bits per heavy atom. The molecule has 4 rings (SSSR count). The van der Waals surface area contributed by atoms with Crippen LogP contribution >= 0.6 is 0 Å². The fraction of sp³-hybridized carbons (Fsp3) is 0.353. The molecule has 1 N–H and O–H groups in total. The number of anilines is 1. The Hall–Kier alpha value is -2.43. The molecular weight excluding hydrogens is 276 g/mol. The summed E-state index contributed by atoms with van der Waals surface area (Å²) in [7, 11) is 0. The summed E-state index contributed by atoms with van der Waals surface area (Å²) in [5.74, 6) is 1.30. The van der Waals surface area contributed by atoms with Gasteiger partial charge in [0.25, 0.3) is 0 Å². The van der Waals surface area contributed by atoms with E-state index >= 15 is 0 Å². The predicted molar refractivity (Wildman–Crippen MR) is 83.4 cm³/mol. The fourth-order valence-corrected chi connectivity index (χ4v) is 3.40. The van der Waals surface area contributed by atoms with Gasteiger partial charge in [-0.15, -0.1) is 0 Å². The number of rotatable bonds is 1. The minimum absolute atomic E-state index is 0.172. The van der Waals surface area contributed by atoms with Gasteiger partial charge in [-0.1, -0.05) is 36.8 Å². The van der Waals surface area contributed by atoms with E-state index in [1.54, 1.807) is 0 Å². The Kier molecular flexibility index (Phi) is 2.89. The second-order valence-corrected chi connectivity index (χ2v) is 6.30. The number of ketones is 1. The van der Waals surface area contributed by atoms with Crippen LogP contribution in [-0.4, -0.2) is 20.5 Å². The van der Waals surface area contributed by atoms with Gasteiger partial charge < -0.3 is 5.32 Å². The highest BCUT2D eigenvalue weighted by Gasteiger charge is 2.37. The van der Waals surface area contributed by atoms with Crippen molar-refractivity contribution in [2.45, 2.75) is 32.7 Å². The van der Waals surface area contributed by atoms with E-state index in [1.165, 1.54) is 11.9 Å². The van der Waals surface area contributed by atoms with E-state index in [-0.39, 0.29) is 11.8 Å². The van der Waals surface area contributed by atoms with Gasteiger partial charge in [0.15, 0.2) is 5.78 Å². The van der Waals surface area contributed by atoms with E-state index in [4.69, 9.17) is 0 Å². The maximum Gasteiger partial charge on any atom is 0.226 e. The summed E-state index contributed by atoms with van der Waals surface area (Å²) in [6.07, 6.45) is 3.03. The third-order valence-corrected chi connectivity index (χ3v) is 4.46. The lowest BCUT2D eigenvalue weighted by Gasteiger charge is -2.34. The van der Waals surface area contributed by atoms with Crippen molar-refractivity contribution in [2.24, 2.45) is 5.92 Å². The van der Waals surface area contributed by atoms with Crippen molar-refractivity contribution in [2.75, 3.05) is 5.32 Å². The highest BCUT2D eigenvalue weighted by Crippen LogP contribution is 2.40. The van der Waals surface area contributed by atoms with E-state index in [2.05, 4.69) is 53.5 Å². The number of hydrogen-bond donors (Lipinski definition) is 1. The average molecular weight is 294 g/mol. The number of carbonyl (C=O) groups excluding carboxylic acids is 1. The second kappa shape index (κ2) is 4.80. The van der Waals surface area contributed by atoms with Gasteiger partial charge in [0, 0.05) is 17.7 Å². The normalized spacial score (nSPS) is 23.8. The first-order valence-corrected chi connectivity index (χ1v) is 7.63. The van der Waals surface area contributed by atoms with Gasteiger partial charge >= 0.3 is 0 Å². The van der Waals surface area contributed by atoms with Gasteiger partial charge in [-0.2, -0.15) is 10.1 Å². The molecule has 0 radical (unpaired) electrons. The molecule has 5 heteroatoms. The topological polar surface area (TPSA) is 59.8 Å². The van der Waals surface area contributed by atoms with Crippen molar-refractivity contribution in [3.63, 3.8) is 0 Å². The molecule has 1 aliphatic heterocycles. The zero-order valence-corrected chi connectivity index (χ0v) is 12.7. The van der Waals surface area contributed by atoms with Gasteiger partial charge in [-0.3, -0.25) is 4.79 Å². The monoisotopic (exact) mass is 294 g/mol. The van der Waals surface area contributed by atoms with Crippen molar-refractivity contribution in [3.05, 3.63) is 53.0 Å². The highest BCUT2D eigenvalue weighted by molar-refractivity contribution is 5.99. The Balaban J connectivity index is 1.89. The van der Waals surface area contributed by atoms with E-state index in [0.717, 1.165) is 23.3 Å². The molecule has 2 unspecified atom stereocenters. The second-order valence-electron chi connectivity index (χ2n) is 6.30. The van der Waals surface area contributed by atoms with Crippen LogP contribution in [0.1, 0.15) is 36.9 Å². The molecule has 1 aliphatic carbocycles. The van der Waals surface area contributed by atoms with Crippen LogP contribution < -0.4 is 5.32 Å². The summed E-state index contributed by atoms with van der Waals surface area (Å²) < 4.78 is 1.82. The Labute approximate surface area is 129 Å². The lowest BCUT2D eigenvalue weighted by atomic mass is 9.81. The molecule has 0 fully saturated rings. The summed E-state index contributed by atoms with van der Waals surface area (Å²) in [5, 5.41) is 7.64. The quantitative estimate of drug-likeness (QED) is 0.878. The van der Waals surface area contributed by atoms with Gasteiger partial charge in [0.1, 0.15) is 12.4 Å². The fourth-order valence-electron chi connectivity index (χ4n) is 3.40. The van der Waals surface area contributed by atoms with Gasteiger partial charge in [0.2, 0.25) is 5.95 Å². The van der Waals surface area contributed by atoms with E-state index in [9.17, 15) is 4.79 Å². The molecule has 2 aromatic rings. The minimum Gasteiger partial charge on any atom is -0.328 e. The van der Waals surface area contributed by atoms with Gasteiger partial charge in [0.05, 0.1) is 0 Å². The third-order valence-electron chi connectivity index (χ3n) is 4.46. The summed E-state index contributed by atoms with van der Waals surface area (Å²) in [4.78, 5) is 16.9. The summed E-state index contributed by atoms with van der Waals surface area (Å²) in [5.41, 5.74) is 4.14. The molecular formula is C17H18N4O. The molecule has 22 heavy (non-hydrogen) atoms. The predicted octanol–water partition coefficient (Wildman–Crippen LogP) is 2.85. The molecule has 1 aromatic carbocycles. The lowest BCUT2D eigenvalue weighted by molar-refractivity contribution is -0.117. The average Bonchev–Trinajstić information content (AvgIpc) is 2.93. The standard InChI is InChI=1S/C17H18N4O/c1-10-3-5-12(6-4-10)16-15-13(7-11(2)8-14(15)22)20-17-18-9-19-21(16)17/h3-6,9,11,16H,7-8H2,1-2H3,(H,18,19,20). The molecule has 2 aliphatic rings. The first-order chi connectivity index (χ1) is 10.6. The van der Waals surface area contributed by atoms with Crippen LogP contribution in [-0.2, 0) is 4.79 Å². The molecule has 2 heterocycles. The van der Waals surface area contributed by atoms with E-state index in [1.807, 2.05) is 4.68 Å². The zero-order valence-electron chi connectivity index (χ0n) is 12.7. The van der Waals surface area contributed by atoms with Crippen LogP contribution in [0.15, 0.2) is 41.9 Å². The number of fused-ring (bicyclic) bond motifs is 1. The molecule has 1 aromatic heterocycles. The van der Waals surface area contributed by atoms with Crippen molar-refractivity contribution >= 4 is 11.7 Å². The number of hydrogen-bond acceptors (Lipinski definition) is 4. The Bertz CT molecular complexity index is 772. The number of nitrogens with zero attached hydrogens (tertiary/aromatic N) is 3. The lowest BCUT2D eigenvalue weighted by Crippen LogP contribution is -2.33. The van der Waals surface area contributed by atoms with Crippen LogP contribution in [0.4, 0.5) is 5.95 Å². The number of carbonyl (C=O) groups is 1. The summed E-state index contributed by atoms with van der Waals surface area (Å²) in [6, 6.07) is 8.13. The molecule has 2 atom stereocenters. The Morgan fingerprint density at radius 3 is 2.77 bits per heavy atom. The number of allylic oxidation sites excluding steroid dienone is 2. The SMILES string of the molecule is Cc1ccc(C2C3=C(CC(C)CC3=O)Nc3ncnn32)cc1. The van der Waals surface area contributed by atoms with Crippen LogP contribution in [0.3, 0.4) is 0 Å². The van der Waals surface area contributed by atoms with Crippen LogP contribution in [0, 0.1) is 12.8 Å². The Morgan fingerprint density at radius 1 is 1.23 bits per heavy atom. The van der Waals surface area contributed by atoms with Crippen LogP contribution in [0.25, 0.3) is 0 Å². The molecule has 0 saturated heterocycles. The van der Waals surface area contributed by atoms with E-state index in [0.29, 0.717) is 18.3 Å². The van der Waals surface area contributed by atoms with E-state index < -0.39 is 0 Å². The van der Waals surface area contributed by atoms with Crippen molar-refractivity contribution in [3.8, 4) is 0 Å². The summed E-state index contributed by atoms with van der Waals surface area (Å²) in [6.45, 7) is 4.18. The van der Waals surface area contributed by atoms with Crippen molar-refractivity contribution < 1.29 is 4.79 Å². The smallest absolute Gasteiger partial charge is 0.226 e. The maximum atomic E-state index is 12.7. The number of aryl methyl sites for hydroxylation is 1. The number of aromatic nitrogens is 3. The van der Waals surface area contributed by atoms with Crippen molar-refractivity contribution in [1.29, 1.82) is 0 Å². The molecule has 5 nitrogen and oxygen atoms in total. The number of Topliss-reactive ketones (excluding diaryl/α,β-unsaturated/α-hetero) is 1. The van der Waals surface area contributed by atoms with Crippen LogP contribution in [0.5, 0.6) is 0 Å². The zero-order chi connectivity index (χ0) is 15.3. The highest BCUT2D eigenvalue weighted by atomic mass is 16.1. The molecule has 0 bridgehead atoms.